The number of Topliss-reactive ketones (excluding diaryl/α,β-unsaturated/α-hetero) is 1. The molecule has 4 bridgehead atoms. The fourth-order valence-corrected chi connectivity index (χ4v) is 12.2. The van der Waals surface area contributed by atoms with Crippen molar-refractivity contribution < 1.29 is 32.2 Å². The Morgan fingerprint density at radius 3 is 2.33 bits per heavy atom. The van der Waals surface area contributed by atoms with Crippen LogP contribution < -0.4 is 0 Å². The van der Waals surface area contributed by atoms with Crippen molar-refractivity contribution in [3.63, 3.8) is 0 Å². The summed E-state index contributed by atoms with van der Waals surface area (Å²) in [6, 6.07) is 8.14. The molecule has 2 aliphatic carbocycles. The molecule has 40 heavy (non-hydrogen) atoms. The van der Waals surface area contributed by atoms with E-state index in [0.717, 1.165) is 12.8 Å². The fourth-order valence-electron chi connectivity index (χ4n) is 8.96. The lowest BCUT2D eigenvalue weighted by Crippen LogP contribution is -2.74. The largest absolute Gasteiger partial charge is 0.413 e. The zero-order valence-corrected chi connectivity index (χ0v) is 27.0. The van der Waals surface area contributed by atoms with Crippen LogP contribution in [0.25, 0.3) is 0 Å². The van der Waals surface area contributed by atoms with Crippen LogP contribution in [-0.4, -0.2) is 69.0 Å². The third-order valence-electron chi connectivity index (χ3n) is 12.3. The van der Waals surface area contributed by atoms with Crippen LogP contribution in [0.4, 0.5) is 0 Å². The first-order valence-corrected chi connectivity index (χ1v) is 19.3. The number of aliphatic hydroxyl groups is 1. The van der Waals surface area contributed by atoms with E-state index >= 15 is 0 Å². The van der Waals surface area contributed by atoms with Gasteiger partial charge in [-0.1, -0.05) is 59.7 Å². The van der Waals surface area contributed by atoms with Crippen LogP contribution in [0.5, 0.6) is 0 Å². The summed E-state index contributed by atoms with van der Waals surface area (Å²) in [5.74, 6) is -1.08. The third-order valence-corrected chi connectivity index (χ3v) is 18.9. The van der Waals surface area contributed by atoms with E-state index in [9.17, 15) is 18.3 Å². The zero-order valence-electron chi connectivity index (χ0n) is 25.2. The molecule has 6 rings (SSSR count). The molecule has 3 heterocycles. The standard InChI is InChI=1S/C31H46O7SSi/c1-27(2,3)40(7,8)38-23-15-14-19-18-36-26-30(33)17-22(39(34,35)20-12-10-9-11-13-20)25(32)24(28(30,4)5)21-16-29(23,6)31(19,26)37-21/h9-13,19,21-24,26,33H,14-18H2,1-8H3/t19-,21-,22?,23+,24+,26-,29-,30-,31-/m1/s1. The minimum atomic E-state index is -4.03. The van der Waals surface area contributed by atoms with Gasteiger partial charge in [0.15, 0.2) is 23.9 Å². The number of carbonyl (C=O) groups excluding carboxylic acids is 1. The zero-order chi connectivity index (χ0) is 29.3. The number of fused-ring (bicyclic) bond motifs is 5. The molecular weight excluding hydrogens is 544 g/mol. The maximum absolute atomic E-state index is 14.4. The first-order chi connectivity index (χ1) is 18.3. The number of carbonyl (C=O) groups is 1. The lowest BCUT2D eigenvalue weighted by molar-refractivity contribution is -0.237. The van der Waals surface area contributed by atoms with Crippen molar-refractivity contribution in [1.82, 2.24) is 0 Å². The van der Waals surface area contributed by atoms with Gasteiger partial charge < -0.3 is 19.0 Å². The summed E-state index contributed by atoms with van der Waals surface area (Å²) < 4.78 is 48.7. The van der Waals surface area contributed by atoms with Crippen LogP contribution >= 0.6 is 0 Å². The molecule has 5 aliphatic rings. The molecule has 1 spiro atoms. The van der Waals surface area contributed by atoms with E-state index < -0.39 is 63.6 Å². The topological polar surface area (TPSA) is 99.1 Å². The van der Waals surface area contributed by atoms with E-state index in [1.54, 1.807) is 18.2 Å². The molecule has 2 saturated carbocycles. The molecule has 3 saturated heterocycles. The number of ketones is 1. The average Bonchev–Trinajstić information content (AvgIpc) is 3.37. The summed E-state index contributed by atoms with van der Waals surface area (Å²) >= 11 is 0. The maximum Gasteiger partial charge on any atom is 0.192 e. The highest BCUT2D eigenvalue weighted by Gasteiger charge is 2.82. The Hall–Kier alpha value is -1.10. The maximum atomic E-state index is 14.4. The monoisotopic (exact) mass is 590 g/mol. The van der Waals surface area contributed by atoms with Gasteiger partial charge in [-0.3, -0.25) is 4.79 Å². The molecular formula is C31H46O7SSi. The normalized spacial score (nSPS) is 44.3. The molecule has 1 aromatic rings. The Morgan fingerprint density at radius 1 is 1.05 bits per heavy atom. The molecule has 1 unspecified atom stereocenters. The molecule has 3 aliphatic heterocycles. The second-order valence-corrected chi connectivity index (χ2v) is 22.4. The van der Waals surface area contributed by atoms with Crippen LogP contribution in [0.15, 0.2) is 35.2 Å². The summed E-state index contributed by atoms with van der Waals surface area (Å²) in [5, 5.41) is 11.5. The number of ether oxygens (including phenoxy) is 2. The Kier molecular flexibility index (Phi) is 6.16. The molecule has 5 fully saturated rings. The van der Waals surface area contributed by atoms with Crippen LogP contribution in [0.1, 0.15) is 67.2 Å². The van der Waals surface area contributed by atoms with Crippen molar-refractivity contribution in [2.45, 2.75) is 125 Å². The molecule has 1 N–H and O–H groups in total. The van der Waals surface area contributed by atoms with E-state index in [2.05, 4.69) is 40.8 Å². The van der Waals surface area contributed by atoms with Crippen LogP contribution in [0.3, 0.4) is 0 Å². The van der Waals surface area contributed by atoms with E-state index in [-0.39, 0.29) is 34.2 Å². The summed E-state index contributed by atoms with van der Waals surface area (Å²) in [5.41, 5.74) is -3.85. The summed E-state index contributed by atoms with van der Waals surface area (Å²) in [4.78, 5) is 14.5. The second kappa shape index (κ2) is 8.50. The van der Waals surface area contributed by atoms with Crippen LogP contribution in [0, 0.1) is 22.7 Å². The Bertz CT molecular complexity index is 1320. The Labute approximate surface area is 240 Å². The van der Waals surface area contributed by atoms with Gasteiger partial charge in [0.05, 0.1) is 29.6 Å². The highest BCUT2D eigenvalue weighted by molar-refractivity contribution is 7.92. The third kappa shape index (κ3) is 3.42. The van der Waals surface area contributed by atoms with Crippen molar-refractivity contribution in [3.8, 4) is 0 Å². The van der Waals surface area contributed by atoms with E-state index in [1.807, 2.05) is 13.8 Å². The Morgan fingerprint density at radius 2 is 1.70 bits per heavy atom. The number of sulfone groups is 1. The molecule has 0 aromatic heterocycles. The minimum absolute atomic E-state index is 0.0283. The molecule has 7 nitrogen and oxygen atoms in total. The molecule has 9 heteroatoms. The van der Waals surface area contributed by atoms with Gasteiger partial charge in [-0.05, 0) is 49.5 Å². The fraction of sp³-hybridized carbons (Fsp3) is 0.774. The van der Waals surface area contributed by atoms with Gasteiger partial charge in [0, 0.05) is 23.2 Å². The lowest BCUT2D eigenvalue weighted by atomic mass is 9.46. The molecule has 0 radical (unpaired) electrons. The van der Waals surface area contributed by atoms with Crippen molar-refractivity contribution in [1.29, 1.82) is 0 Å². The number of hydrogen-bond donors (Lipinski definition) is 1. The van der Waals surface area contributed by atoms with Gasteiger partial charge >= 0.3 is 0 Å². The lowest BCUT2D eigenvalue weighted by Gasteiger charge is -2.61. The predicted molar refractivity (Wildman–Crippen MR) is 154 cm³/mol. The molecule has 0 amide bonds. The van der Waals surface area contributed by atoms with Gasteiger partial charge in [-0.25, -0.2) is 8.42 Å². The smallest absolute Gasteiger partial charge is 0.192 e. The molecule has 9 atom stereocenters. The predicted octanol–water partition coefficient (Wildman–Crippen LogP) is 4.92. The average molecular weight is 591 g/mol. The first-order valence-electron chi connectivity index (χ1n) is 14.9. The number of benzene rings is 1. The number of hydrogen-bond acceptors (Lipinski definition) is 7. The second-order valence-electron chi connectivity index (χ2n) is 15.5. The number of rotatable bonds is 4. The molecule has 222 valence electrons. The molecule has 1 aromatic carbocycles. The quantitative estimate of drug-likeness (QED) is 0.497. The van der Waals surface area contributed by atoms with Gasteiger partial charge in [-0.15, -0.1) is 0 Å². The highest BCUT2D eigenvalue weighted by Crippen LogP contribution is 2.71. The van der Waals surface area contributed by atoms with Gasteiger partial charge in [-0.2, -0.15) is 0 Å². The summed E-state index contributed by atoms with van der Waals surface area (Å²) in [6.45, 7) is 17.7. The van der Waals surface area contributed by atoms with Crippen LogP contribution in [-0.2, 0) is 28.5 Å². The van der Waals surface area contributed by atoms with Crippen molar-refractivity contribution in [2.75, 3.05) is 6.61 Å². The van der Waals surface area contributed by atoms with E-state index in [4.69, 9.17) is 13.9 Å². The van der Waals surface area contributed by atoms with Crippen molar-refractivity contribution >= 4 is 23.9 Å². The van der Waals surface area contributed by atoms with Crippen molar-refractivity contribution in [2.24, 2.45) is 22.7 Å². The van der Waals surface area contributed by atoms with Crippen molar-refractivity contribution in [3.05, 3.63) is 30.3 Å². The van der Waals surface area contributed by atoms with Crippen LogP contribution in [0.2, 0.25) is 18.1 Å². The highest BCUT2D eigenvalue weighted by atomic mass is 32.2. The van der Waals surface area contributed by atoms with E-state index in [1.165, 1.54) is 12.1 Å². The summed E-state index contributed by atoms with van der Waals surface area (Å²) in [6.07, 6.45) is 0.732. The minimum Gasteiger partial charge on any atom is -0.413 e. The Balaban J connectivity index is 1.49. The van der Waals surface area contributed by atoms with Gasteiger partial charge in [0.25, 0.3) is 0 Å². The van der Waals surface area contributed by atoms with Gasteiger partial charge in [0.2, 0.25) is 0 Å². The summed E-state index contributed by atoms with van der Waals surface area (Å²) in [7, 11) is -6.18. The van der Waals surface area contributed by atoms with Gasteiger partial charge in [0.1, 0.15) is 22.6 Å². The van der Waals surface area contributed by atoms with E-state index in [0.29, 0.717) is 13.0 Å². The SMILES string of the molecule is CC1(C)[C@@H]2C(=O)C(S(=O)(=O)c3ccccc3)C[C@@]1(O)[C@H]1OC[C@H]3CC[C@H](O[Si](C)(C)C(C)(C)C)[C@@]4(C)C[C@H]2O[C@]314. The first kappa shape index (κ1) is 29.0.